The van der Waals surface area contributed by atoms with Gasteiger partial charge in [0.05, 0.1) is 0 Å². The minimum atomic E-state index is -0.236. The topological polar surface area (TPSA) is 9.23 Å². The van der Waals surface area contributed by atoms with Crippen LogP contribution < -0.4 is 12.0 Å². The molecule has 0 aliphatic rings. The summed E-state index contributed by atoms with van der Waals surface area (Å²) in [5, 5.41) is 0. The van der Waals surface area contributed by atoms with Crippen molar-refractivity contribution in [3.63, 3.8) is 0 Å². The molecule has 0 aliphatic heterocycles. The van der Waals surface area contributed by atoms with Crippen LogP contribution in [0.3, 0.4) is 0 Å². The average Bonchev–Trinajstić information content (AvgIpc) is 2.33. The molecule has 0 N–H and O–H groups in total. The van der Waals surface area contributed by atoms with E-state index >= 15 is 0 Å². The van der Waals surface area contributed by atoms with Gasteiger partial charge in [-0.15, -0.1) is 0 Å². The van der Waals surface area contributed by atoms with Gasteiger partial charge in [-0.2, -0.15) is 0 Å². The van der Waals surface area contributed by atoms with Crippen molar-refractivity contribution >= 4 is 28.1 Å². The fraction of sp³-hybridized carbons (Fsp3) is 0.143. The summed E-state index contributed by atoms with van der Waals surface area (Å²) < 4.78 is 8.34. The van der Waals surface area contributed by atoms with Gasteiger partial charge in [0.25, 0.3) is 0 Å². The van der Waals surface area contributed by atoms with Gasteiger partial charge in [-0.1, -0.05) is 0 Å². The molecule has 0 amide bonds. The third kappa shape index (κ3) is 3.27. The molecular formula is C14H14OTe. The first-order valence-corrected chi connectivity index (χ1v) is 7.67. The zero-order valence-corrected chi connectivity index (χ0v) is 11.6. The summed E-state index contributed by atoms with van der Waals surface area (Å²) in [6, 6.07) is 19.2. The van der Waals surface area contributed by atoms with Crippen molar-refractivity contribution < 1.29 is 4.74 Å². The van der Waals surface area contributed by atoms with Gasteiger partial charge in [-0.25, -0.2) is 0 Å². The van der Waals surface area contributed by atoms with Gasteiger partial charge in [-0.3, -0.25) is 0 Å². The molecule has 0 bridgehead atoms. The van der Waals surface area contributed by atoms with Crippen molar-refractivity contribution in [2.24, 2.45) is 0 Å². The molecule has 2 aromatic carbocycles. The van der Waals surface area contributed by atoms with Gasteiger partial charge < -0.3 is 0 Å². The Hall–Kier alpha value is -0.970. The molecule has 2 rings (SSSR count). The molecule has 0 radical (unpaired) electrons. The molecule has 2 aromatic rings. The zero-order valence-electron chi connectivity index (χ0n) is 9.22. The second-order valence-corrected chi connectivity index (χ2v) is 6.59. The van der Waals surface area contributed by atoms with Crippen molar-refractivity contribution in [2.45, 2.75) is 6.92 Å². The summed E-state index contributed by atoms with van der Waals surface area (Å²) in [5.41, 5.74) is 0. The van der Waals surface area contributed by atoms with E-state index in [0.717, 1.165) is 12.4 Å². The Morgan fingerprint density at radius 3 is 2.12 bits per heavy atom. The third-order valence-corrected chi connectivity index (χ3v) is 5.01. The van der Waals surface area contributed by atoms with Crippen LogP contribution in [0, 0.1) is 0 Å². The summed E-state index contributed by atoms with van der Waals surface area (Å²) >= 11 is -0.236. The van der Waals surface area contributed by atoms with E-state index in [1.807, 2.05) is 6.92 Å². The molecule has 0 fully saturated rings. The molecule has 0 aromatic heterocycles. The second-order valence-electron chi connectivity index (χ2n) is 3.32. The van der Waals surface area contributed by atoms with E-state index in [1.165, 1.54) is 7.22 Å². The van der Waals surface area contributed by atoms with Gasteiger partial charge in [0.1, 0.15) is 0 Å². The monoisotopic (exact) mass is 328 g/mol. The molecular weight excluding hydrogens is 312 g/mol. The molecule has 2 heteroatoms. The molecule has 0 spiro atoms. The predicted octanol–water partition coefficient (Wildman–Crippen LogP) is 1.74. The summed E-state index contributed by atoms with van der Waals surface area (Å²) in [6.45, 7) is 2.74. The van der Waals surface area contributed by atoms with E-state index in [2.05, 4.69) is 54.6 Å². The van der Waals surface area contributed by atoms with E-state index in [1.54, 1.807) is 0 Å². The Morgan fingerprint density at radius 1 is 0.875 bits per heavy atom. The van der Waals surface area contributed by atoms with Crippen LogP contribution in [0.5, 0.6) is 5.75 Å². The predicted molar refractivity (Wildman–Crippen MR) is 69.1 cm³/mol. The molecule has 0 unspecified atom stereocenters. The van der Waals surface area contributed by atoms with Crippen LogP contribution in [0.15, 0.2) is 54.6 Å². The molecule has 0 atom stereocenters. The Balaban J connectivity index is 2.05. The Labute approximate surface area is 107 Å². The normalized spacial score (nSPS) is 10.1. The maximum absolute atomic E-state index is 5.43. The van der Waals surface area contributed by atoms with Gasteiger partial charge >= 0.3 is 107 Å². The molecule has 82 valence electrons. The first-order chi connectivity index (χ1) is 7.88. The van der Waals surface area contributed by atoms with E-state index in [0.29, 0.717) is 0 Å². The van der Waals surface area contributed by atoms with Gasteiger partial charge in [0.15, 0.2) is 0 Å². The van der Waals surface area contributed by atoms with E-state index in [4.69, 9.17) is 4.74 Å². The quantitative estimate of drug-likeness (QED) is 0.778. The standard InChI is InChI=1S/C14H14OTe/c1-2-15-12-8-10-14(11-9-12)16-13-6-4-3-5-7-13/h3-11H,2H2,1H3. The Bertz CT molecular complexity index is 422. The summed E-state index contributed by atoms with van der Waals surface area (Å²) in [6.07, 6.45) is 0. The van der Waals surface area contributed by atoms with Crippen LogP contribution in [0.4, 0.5) is 0 Å². The Morgan fingerprint density at radius 2 is 1.50 bits per heavy atom. The van der Waals surface area contributed by atoms with E-state index in [-0.39, 0.29) is 20.9 Å². The van der Waals surface area contributed by atoms with E-state index < -0.39 is 0 Å². The van der Waals surface area contributed by atoms with Gasteiger partial charge in [-0.05, 0) is 0 Å². The summed E-state index contributed by atoms with van der Waals surface area (Å²) in [4.78, 5) is 0. The number of hydrogen-bond acceptors (Lipinski definition) is 1. The average molecular weight is 326 g/mol. The van der Waals surface area contributed by atoms with Crippen LogP contribution in [0.25, 0.3) is 0 Å². The number of hydrogen-bond donors (Lipinski definition) is 0. The van der Waals surface area contributed by atoms with Crippen molar-refractivity contribution in [1.82, 2.24) is 0 Å². The fourth-order valence-corrected chi connectivity index (χ4v) is 3.79. The maximum atomic E-state index is 5.43. The molecule has 0 heterocycles. The molecule has 16 heavy (non-hydrogen) atoms. The molecule has 0 saturated heterocycles. The van der Waals surface area contributed by atoms with Crippen LogP contribution >= 0.6 is 0 Å². The van der Waals surface area contributed by atoms with Crippen LogP contribution in [-0.4, -0.2) is 27.5 Å². The van der Waals surface area contributed by atoms with Gasteiger partial charge in [0.2, 0.25) is 0 Å². The summed E-state index contributed by atoms with van der Waals surface area (Å²) in [7, 11) is 0. The first-order valence-electron chi connectivity index (χ1n) is 5.34. The van der Waals surface area contributed by atoms with Crippen LogP contribution in [-0.2, 0) is 0 Å². The van der Waals surface area contributed by atoms with Gasteiger partial charge in [0, 0.05) is 0 Å². The molecule has 0 aliphatic carbocycles. The molecule has 1 nitrogen and oxygen atoms in total. The second kappa shape index (κ2) is 5.94. The first kappa shape index (κ1) is 11.5. The number of ether oxygens (including phenoxy) is 1. The van der Waals surface area contributed by atoms with Crippen LogP contribution in [0.1, 0.15) is 6.92 Å². The fourth-order valence-electron chi connectivity index (χ4n) is 1.40. The third-order valence-electron chi connectivity index (χ3n) is 2.11. The van der Waals surface area contributed by atoms with Crippen LogP contribution in [0.2, 0.25) is 0 Å². The van der Waals surface area contributed by atoms with Crippen molar-refractivity contribution in [1.29, 1.82) is 0 Å². The van der Waals surface area contributed by atoms with Crippen molar-refractivity contribution in [3.05, 3.63) is 54.6 Å². The zero-order chi connectivity index (χ0) is 11.2. The summed E-state index contributed by atoms with van der Waals surface area (Å²) in [5.74, 6) is 0.965. The van der Waals surface area contributed by atoms with Crippen molar-refractivity contribution in [3.8, 4) is 5.75 Å². The number of rotatable bonds is 4. The molecule has 0 saturated carbocycles. The SMILES string of the molecule is CCOc1ccc([Te]c2ccccc2)cc1. The minimum absolute atomic E-state index is 0.236. The van der Waals surface area contributed by atoms with E-state index in [9.17, 15) is 0 Å². The Kier molecular flexibility index (Phi) is 4.27. The number of benzene rings is 2. The van der Waals surface area contributed by atoms with Crippen molar-refractivity contribution in [2.75, 3.05) is 6.61 Å².